The quantitative estimate of drug-likeness (QED) is 0.531. The van der Waals surface area contributed by atoms with E-state index in [1.165, 1.54) is 19.3 Å². The lowest BCUT2D eigenvalue weighted by Gasteiger charge is -2.19. The van der Waals surface area contributed by atoms with Gasteiger partial charge in [-0.15, -0.1) is 23.2 Å². The fraction of sp³-hybridized carbons (Fsp3) is 1.00. The summed E-state index contributed by atoms with van der Waals surface area (Å²) in [7, 11) is 0. The zero-order valence-corrected chi connectivity index (χ0v) is 8.35. The molecule has 0 aliphatic heterocycles. The maximum Gasteiger partial charge on any atom is 0.0539 e. The first-order valence-corrected chi connectivity index (χ1v) is 5.91. The van der Waals surface area contributed by atoms with Crippen molar-refractivity contribution < 1.29 is 0 Å². The van der Waals surface area contributed by atoms with Crippen LogP contribution in [0.15, 0.2) is 0 Å². The molecule has 1 spiro atoms. The van der Waals surface area contributed by atoms with Crippen molar-refractivity contribution in [3.8, 4) is 0 Å². The first-order valence-electron chi connectivity index (χ1n) is 5.04. The molecule has 4 aliphatic carbocycles. The van der Waals surface area contributed by atoms with Crippen molar-refractivity contribution in [3.63, 3.8) is 0 Å². The fourth-order valence-electron chi connectivity index (χ4n) is 4.45. The van der Waals surface area contributed by atoms with Crippen molar-refractivity contribution in [2.45, 2.75) is 30.0 Å². The van der Waals surface area contributed by atoms with Crippen molar-refractivity contribution in [1.82, 2.24) is 0 Å². The monoisotopic (exact) mass is 202 g/mol. The average molecular weight is 203 g/mol. The highest BCUT2D eigenvalue weighted by molar-refractivity contribution is 6.31. The minimum Gasteiger partial charge on any atom is -0.121 e. The molecule has 2 heteroatoms. The second-order valence-electron chi connectivity index (χ2n) is 5.24. The largest absolute Gasteiger partial charge is 0.121 e. The Morgan fingerprint density at radius 3 is 1.75 bits per heavy atom. The number of fused-ring (bicyclic) bond motifs is 3. The molecule has 66 valence electrons. The average Bonchev–Trinajstić information content (AvgIpc) is 2.88. The van der Waals surface area contributed by atoms with E-state index in [4.69, 9.17) is 23.2 Å². The molecule has 0 amide bonds. The molecule has 4 fully saturated rings. The molecule has 0 heterocycles. The lowest BCUT2D eigenvalue weighted by molar-refractivity contribution is 0.322. The second-order valence-corrected chi connectivity index (χ2v) is 6.24. The van der Waals surface area contributed by atoms with Gasteiger partial charge < -0.3 is 0 Å². The maximum atomic E-state index is 6.37. The molecule has 6 atom stereocenters. The Balaban J connectivity index is 1.86. The van der Waals surface area contributed by atoms with E-state index in [1.807, 2.05) is 0 Å². The van der Waals surface area contributed by atoms with E-state index in [9.17, 15) is 0 Å². The molecular weight excluding hydrogens is 191 g/mol. The molecule has 4 aliphatic rings. The first kappa shape index (κ1) is 6.95. The minimum atomic E-state index is 0.308. The van der Waals surface area contributed by atoms with E-state index < -0.39 is 0 Å². The van der Waals surface area contributed by atoms with Crippen LogP contribution < -0.4 is 0 Å². The van der Waals surface area contributed by atoms with Gasteiger partial charge in [-0.1, -0.05) is 0 Å². The van der Waals surface area contributed by atoms with Gasteiger partial charge in [-0.25, -0.2) is 0 Å². The SMILES string of the molecule is ClC1C(Cl)[C@H]2[C@@H]3C[C@@H]3[C@@H]1C21CC1. The van der Waals surface area contributed by atoms with Gasteiger partial charge in [0.1, 0.15) is 0 Å². The van der Waals surface area contributed by atoms with Gasteiger partial charge in [0.25, 0.3) is 0 Å². The predicted octanol–water partition coefficient (Wildman–Crippen LogP) is 2.88. The fourth-order valence-corrected chi connectivity index (χ4v) is 5.64. The van der Waals surface area contributed by atoms with E-state index in [-0.39, 0.29) is 0 Å². The standard InChI is InChI=1S/C10H12Cl2/c11-8-6-4-3-5(4)7(9(8)12)10(6)1-2-10/h4-9H,1-3H2/t4-,5+,6-,7+,8?,9?. The van der Waals surface area contributed by atoms with Gasteiger partial charge in [-0.3, -0.25) is 0 Å². The summed E-state index contributed by atoms with van der Waals surface area (Å²) in [4.78, 5) is 0. The molecule has 4 saturated carbocycles. The van der Waals surface area contributed by atoms with Crippen molar-refractivity contribution in [2.75, 3.05) is 0 Å². The summed E-state index contributed by atoms with van der Waals surface area (Å²) in [6.45, 7) is 0. The van der Waals surface area contributed by atoms with Crippen LogP contribution in [0.2, 0.25) is 0 Å². The molecule has 0 aromatic rings. The zero-order chi connectivity index (χ0) is 8.09. The summed E-state index contributed by atoms with van der Waals surface area (Å²) in [5.74, 6) is 3.62. The van der Waals surface area contributed by atoms with Gasteiger partial charge in [-0.05, 0) is 48.3 Å². The molecule has 0 saturated heterocycles. The van der Waals surface area contributed by atoms with E-state index in [2.05, 4.69) is 0 Å². The van der Waals surface area contributed by atoms with Gasteiger partial charge in [0.05, 0.1) is 10.8 Å². The molecule has 4 rings (SSSR count). The maximum absolute atomic E-state index is 6.37. The van der Waals surface area contributed by atoms with Crippen LogP contribution in [0.5, 0.6) is 0 Å². The van der Waals surface area contributed by atoms with E-state index >= 15 is 0 Å². The lowest BCUT2D eigenvalue weighted by Crippen LogP contribution is -2.24. The highest BCUT2D eigenvalue weighted by atomic mass is 35.5. The zero-order valence-electron chi connectivity index (χ0n) is 6.84. The van der Waals surface area contributed by atoms with Crippen LogP contribution in [0.1, 0.15) is 19.3 Å². The molecule has 0 aromatic carbocycles. The first-order chi connectivity index (χ1) is 5.76. The molecule has 2 bridgehead atoms. The summed E-state index contributed by atoms with van der Waals surface area (Å²) < 4.78 is 0. The Hall–Kier alpha value is 0.580. The van der Waals surface area contributed by atoms with Crippen molar-refractivity contribution in [2.24, 2.45) is 29.1 Å². The molecule has 12 heavy (non-hydrogen) atoms. The highest BCUT2D eigenvalue weighted by Gasteiger charge is 2.79. The summed E-state index contributed by atoms with van der Waals surface area (Å²) in [6.07, 6.45) is 4.31. The second kappa shape index (κ2) is 1.70. The molecule has 2 unspecified atom stereocenters. The predicted molar refractivity (Wildman–Crippen MR) is 49.5 cm³/mol. The van der Waals surface area contributed by atoms with Gasteiger partial charge >= 0.3 is 0 Å². The van der Waals surface area contributed by atoms with Gasteiger partial charge in [0, 0.05) is 0 Å². The van der Waals surface area contributed by atoms with Crippen LogP contribution >= 0.6 is 23.2 Å². The summed E-state index contributed by atoms with van der Waals surface area (Å²) in [5.41, 5.74) is 0.673. The topological polar surface area (TPSA) is 0 Å². The van der Waals surface area contributed by atoms with Crippen LogP contribution in [-0.2, 0) is 0 Å². The Morgan fingerprint density at radius 2 is 1.42 bits per heavy atom. The van der Waals surface area contributed by atoms with Crippen LogP contribution in [0.3, 0.4) is 0 Å². The lowest BCUT2D eigenvalue weighted by atomic mass is 9.89. The molecule has 0 aromatic heterocycles. The van der Waals surface area contributed by atoms with Gasteiger partial charge in [0.2, 0.25) is 0 Å². The van der Waals surface area contributed by atoms with Crippen molar-refractivity contribution in [3.05, 3.63) is 0 Å². The van der Waals surface area contributed by atoms with Gasteiger partial charge in [0.15, 0.2) is 0 Å². The van der Waals surface area contributed by atoms with Crippen LogP contribution in [-0.4, -0.2) is 10.8 Å². The Labute approximate surface area is 82.6 Å². The van der Waals surface area contributed by atoms with E-state index in [0.29, 0.717) is 16.2 Å². The molecule has 0 N–H and O–H groups in total. The molecule has 0 nitrogen and oxygen atoms in total. The number of rotatable bonds is 0. The Morgan fingerprint density at radius 1 is 0.917 bits per heavy atom. The van der Waals surface area contributed by atoms with Crippen LogP contribution in [0.25, 0.3) is 0 Å². The highest BCUT2D eigenvalue weighted by Crippen LogP contribution is 2.82. The Kier molecular flexibility index (Phi) is 0.987. The van der Waals surface area contributed by atoms with Crippen LogP contribution in [0.4, 0.5) is 0 Å². The third kappa shape index (κ3) is 0.511. The minimum absolute atomic E-state index is 0.308. The van der Waals surface area contributed by atoms with Crippen molar-refractivity contribution >= 4 is 23.2 Å². The summed E-state index contributed by atoms with van der Waals surface area (Å²) >= 11 is 12.7. The summed E-state index contributed by atoms with van der Waals surface area (Å²) in [6, 6.07) is 0. The number of hydrogen-bond donors (Lipinski definition) is 0. The smallest absolute Gasteiger partial charge is 0.0539 e. The van der Waals surface area contributed by atoms with E-state index in [0.717, 1.165) is 23.7 Å². The van der Waals surface area contributed by atoms with Gasteiger partial charge in [-0.2, -0.15) is 0 Å². The number of halogens is 2. The molecule has 0 radical (unpaired) electrons. The summed E-state index contributed by atoms with van der Waals surface area (Å²) in [5, 5.41) is 0.617. The Bertz CT molecular complexity index is 237. The molecular formula is C10H12Cl2. The van der Waals surface area contributed by atoms with E-state index in [1.54, 1.807) is 0 Å². The number of alkyl halides is 2. The van der Waals surface area contributed by atoms with Crippen LogP contribution in [0, 0.1) is 29.1 Å². The number of hydrogen-bond acceptors (Lipinski definition) is 0. The third-order valence-electron chi connectivity index (χ3n) is 4.96. The van der Waals surface area contributed by atoms with Crippen molar-refractivity contribution in [1.29, 1.82) is 0 Å². The normalized spacial score (nSPS) is 68.5. The third-order valence-corrected chi connectivity index (χ3v) is 6.17.